The third kappa shape index (κ3) is 10.1. The standard InChI is InChI=1S/C20H22N2.C8H10.C2H6/c1-15-5-4-6-19(13-15)14-18-7-9-20(10-8-18)22-17(3)16(2)11-12-21;1-2-8-6-4-3-5-7-8;1-2/h4-10,13,16,22H,3,11,14H2,1-2H3;3-7H,2H2,1H3;1-2H3. The molecule has 0 radical (unpaired) electrons. The fourth-order valence-corrected chi connectivity index (χ4v) is 3.05. The Morgan fingerprint density at radius 3 is 2.06 bits per heavy atom. The highest BCUT2D eigenvalue weighted by molar-refractivity contribution is 5.49. The Bertz CT molecular complexity index is 950. The monoisotopic (exact) mass is 426 g/mol. The van der Waals surface area contributed by atoms with Crippen LogP contribution in [0.2, 0.25) is 0 Å². The summed E-state index contributed by atoms with van der Waals surface area (Å²) >= 11 is 0. The van der Waals surface area contributed by atoms with Crippen LogP contribution in [0.25, 0.3) is 0 Å². The SMILES string of the molecule is C=C(Nc1ccc(Cc2cccc(C)c2)cc1)C(C)CC#N.CC.CCc1ccccc1. The quantitative estimate of drug-likeness (QED) is 0.412. The minimum Gasteiger partial charge on any atom is -0.359 e. The van der Waals surface area contributed by atoms with Gasteiger partial charge in [0.1, 0.15) is 0 Å². The van der Waals surface area contributed by atoms with Crippen LogP contribution in [0.5, 0.6) is 0 Å². The van der Waals surface area contributed by atoms with Crippen LogP contribution >= 0.6 is 0 Å². The molecule has 1 N–H and O–H groups in total. The van der Waals surface area contributed by atoms with Crippen molar-refractivity contribution in [1.82, 2.24) is 0 Å². The molecule has 0 aromatic heterocycles. The maximum atomic E-state index is 8.73. The van der Waals surface area contributed by atoms with Crippen molar-refractivity contribution in [1.29, 1.82) is 5.26 Å². The number of nitrogens with one attached hydrogen (secondary N) is 1. The maximum absolute atomic E-state index is 8.73. The molecule has 0 amide bonds. The van der Waals surface area contributed by atoms with E-state index in [0.29, 0.717) is 6.42 Å². The Morgan fingerprint density at radius 2 is 1.53 bits per heavy atom. The van der Waals surface area contributed by atoms with Gasteiger partial charge in [0.05, 0.1) is 6.07 Å². The summed E-state index contributed by atoms with van der Waals surface area (Å²) in [7, 11) is 0. The van der Waals surface area contributed by atoms with Crippen LogP contribution in [0.3, 0.4) is 0 Å². The summed E-state index contributed by atoms with van der Waals surface area (Å²) in [6.45, 7) is 14.3. The van der Waals surface area contributed by atoms with Gasteiger partial charge < -0.3 is 5.32 Å². The van der Waals surface area contributed by atoms with Gasteiger partial charge in [-0.15, -0.1) is 0 Å². The predicted octanol–water partition coefficient (Wildman–Crippen LogP) is 8.34. The van der Waals surface area contributed by atoms with E-state index in [9.17, 15) is 0 Å². The van der Waals surface area contributed by atoms with Gasteiger partial charge in [0.15, 0.2) is 0 Å². The van der Waals surface area contributed by atoms with Crippen LogP contribution in [-0.2, 0) is 12.8 Å². The van der Waals surface area contributed by atoms with Crippen molar-refractivity contribution in [2.75, 3.05) is 5.32 Å². The number of allylic oxidation sites excluding steroid dienone is 1. The summed E-state index contributed by atoms with van der Waals surface area (Å²) in [6.07, 6.45) is 2.56. The third-order valence-corrected chi connectivity index (χ3v) is 4.99. The molecule has 3 rings (SSSR count). The van der Waals surface area contributed by atoms with E-state index < -0.39 is 0 Å². The summed E-state index contributed by atoms with van der Waals surface area (Å²) in [5.41, 5.74) is 7.21. The molecule has 3 aromatic carbocycles. The average molecular weight is 427 g/mol. The first-order valence-corrected chi connectivity index (χ1v) is 11.5. The van der Waals surface area contributed by atoms with Crippen molar-refractivity contribution >= 4 is 5.69 Å². The Hall–Kier alpha value is -3.31. The first kappa shape index (κ1) is 26.7. The fraction of sp³-hybridized carbons (Fsp3) is 0.300. The number of hydrogen-bond donors (Lipinski definition) is 1. The largest absolute Gasteiger partial charge is 0.359 e. The van der Waals surface area contributed by atoms with Gasteiger partial charge in [-0.2, -0.15) is 5.26 Å². The predicted molar refractivity (Wildman–Crippen MR) is 140 cm³/mol. The van der Waals surface area contributed by atoms with Gasteiger partial charge in [-0.05, 0) is 48.6 Å². The zero-order valence-corrected chi connectivity index (χ0v) is 20.4. The Labute approximate surface area is 195 Å². The van der Waals surface area contributed by atoms with E-state index in [4.69, 9.17) is 5.26 Å². The van der Waals surface area contributed by atoms with Crippen molar-refractivity contribution in [2.45, 2.75) is 53.9 Å². The van der Waals surface area contributed by atoms with Crippen molar-refractivity contribution in [2.24, 2.45) is 5.92 Å². The summed E-state index contributed by atoms with van der Waals surface area (Å²) in [4.78, 5) is 0. The molecule has 0 spiro atoms. The topological polar surface area (TPSA) is 35.8 Å². The molecule has 0 bridgehead atoms. The minimum absolute atomic E-state index is 0.150. The summed E-state index contributed by atoms with van der Waals surface area (Å²) in [6, 6.07) is 29.6. The number of anilines is 1. The summed E-state index contributed by atoms with van der Waals surface area (Å²) < 4.78 is 0. The zero-order chi connectivity index (χ0) is 23.8. The highest BCUT2D eigenvalue weighted by Gasteiger charge is 2.06. The van der Waals surface area contributed by atoms with Gasteiger partial charge in [0, 0.05) is 23.7 Å². The van der Waals surface area contributed by atoms with Gasteiger partial charge in [0.2, 0.25) is 0 Å². The minimum atomic E-state index is 0.150. The number of nitrogens with zero attached hydrogens (tertiary/aromatic N) is 1. The third-order valence-electron chi connectivity index (χ3n) is 4.99. The van der Waals surface area contributed by atoms with E-state index in [1.54, 1.807) is 0 Å². The number of hydrogen-bond acceptors (Lipinski definition) is 2. The lowest BCUT2D eigenvalue weighted by molar-refractivity contribution is 0.710. The number of nitriles is 1. The smallest absolute Gasteiger partial charge is 0.0628 e. The van der Waals surface area contributed by atoms with Crippen LogP contribution in [0.4, 0.5) is 5.69 Å². The average Bonchev–Trinajstić information content (AvgIpc) is 2.83. The lowest BCUT2D eigenvalue weighted by Crippen LogP contribution is -2.07. The van der Waals surface area contributed by atoms with Gasteiger partial charge in [-0.3, -0.25) is 0 Å². The molecule has 2 heteroatoms. The molecule has 0 saturated heterocycles. The molecule has 0 aliphatic carbocycles. The molecular formula is C30H38N2. The molecule has 1 unspecified atom stereocenters. The van der Waals surface area contributed by atoms with E-state index in [0.717, 1.165) is 24.2 Å². The fourth-order valence-electron chi connectivity index (χ4n) is 3.05. The second-order valence-electron chi connectivity index (χ2n) is 7.62. The van der Waals surface area contributed by atoms with Crippen molar-refractivity contribution < 1.29 is 0 Å². The molecule has 0 heterocycles. The number of aryl methyl sites for hydroxylation is 2. The van der Waals surface area contributed by atoms with E-state index >= 15 is 0 Å². The van der Waals surface area contributed by atoms with Gasteiger partial charge in [-0.1, -0.05) is 107 Å². The molecular weight excluding hydrogens is 388 g/mol. The van der Waals surface area contributed by atoms with Crippen LogP contribution in [0.1, 0.15) is 56.4 Å². The Balaban J connectivity index is 0.000000427. The summed E-state index contributed by atoms with van der Waals surface area (Å²) in [5, 5.41) is 12.0. The lowest BCUT2D eigenvalue weighted by Gasteiger charge is -2.14. The molecule has 0 saturated carbocycles. The molecule has 0 aliphatic rings. The van der Waals surface area contributed by atoms with Crippen LogP contribution in [-0.4, -0.2) is 0 Å². The molecule has 3 aromatic rings. The molecule has 168 valence electrons. The summed E-state index contributed by atoms with van der Waals surface area (Å²) in [5.74, 6) is 0.150. The molecule has 1 atom stereocenters. The van der Waals surface area contributed by atoms with Gasteiger partial charge in [0.25, 0.3) is 0 Å². The highest BCUT2D eigenvalue weighted by Crippen LogP contribution is 2.19. The molecule has 0 aliphatic heterocycles. The molecule has 2 nitrogen and oxygen atoms in total. The van der Waals surface area contributed by atoms with E-state index in [2.05, 4.69) is 105 Å². The normalized spacial score (nSPS) is 10.4. The van der Waals surface area contributed by atoms with E-state index in [1.165, 1.54) is 22.3 Å². The van der Waals surface area contributed by atoms with Crippen LogP contribution in [0.15, 0.2) is 91.1 Å². The van der Waals surface area contributed by atoms with Gasteiger partial charge in [-0.25, -0.2) is 0 Å². The number of benzene rings is 3. The number of rotatable bonds is 7. The first-order valence-electron chi connectivity index (χ1n) is 11.5. The van der Waals surface area contributed by atoms with Crippen molar-refractivity contribution in [3.63, 3.8) is 0 Å². The zero-order valence-electron chi connectivity index (χ0n) is 20.4. The molecule has 0 fully saturated rings. The van der Waals surface area contributed by atoms with E-state index in [1.807, 2.05) is 26.8 Å². The second-order valence-corrected chi connectivity index (χ2v) is 7.62. The first-order chi connectivity index (χ1) is 15.5. The maximum Gasteiger partial charge on any atom is 0.0628 e. The Morgan fingerprint density at radius 1 is 0.906 bits per heavy atom. The highest BCUT2D eigenvalue weighted by atomic mass is 14.9. The van der Waals surface area contributed by atoms with Crippen molar-refractivity contribution in [3.05, 3.63) is 113 Å². The van der Waals surface area contributed by atoms with E-state index in [-0.39, 0.29) is 5.92 Å². The molecule has 32 heavy (non-hydrogen) atoms. The van der Waals surface area contributed by atoms with Crippen LogP contribution < -0.4 is 5.32 Å². The Kier molecular flexibility index (Phi) is 12.9. The van der Waals surface area contributed by atoms with Crippen LogP contribution in [0, 0.1) is 24.2 Å². The van der Waals surface area contributed by atoms with Crippen molar-refractivity contribution in [3.8, 4) is 6.07 Å². The lowest BCUT2D eigenvalue weighted by atomic mass is 10.0. The second kappa shape index (κ2) is 15.5. The van der Waals surface area contributed by atoms with Gasteiger partial charge >= 0.3 is 0 Å².